The summed E-state index contributed by atoms with van der Waals surface area (Å²) in [4.78, 5) is 0. The van der Waals surface area contributed by atoms with Gasteiger partial charge in [-0.15, -0.1) is 0 Å². The van der Waals surface area contributed by atoms with Gasteiger partial charge in [0.25, 0.3) is 0 Å². The number of anilines is 1. The van der Waals surface area contributed by atoms with E-state index in [4.69, 9.17) is 21.8 Å². The maximum absolute atomic E-state index is 5.96. The fourth-order valence-corrected chi connectivity index (χ4v) is 2.29. The lowest BCUT2D eigenvalue weighted by molar-refractivity contribution is 0.631. The van der Waals surface area contributed by atoms with Crippen LogP contribution in [0.3, 0.4) is 0 Å². The number of aryl methyl sites for hydroxylation is 1. The predicted molar refractivity (Wildman–Crippen MR) is 75.8 cm³/mol. The maximum Gasteiger partial charge on any atom is 0.135 e. The van der Waals surface area contributed by atoms with E-state index in [1.165, 1.54) is 0 Å². The van der Waals surface area contributed by atoms with E-state index in [1.54, 1.807) is 0 Å². The second-order valence-corrected chi connectivity index (χ2v) is 4.86. The molecule has 1 heterocycles. The van der Waals surface area contributed by atoms with Crippen LogP contribution < -0.4 is 5.73 Å². The summed E-state index contributed by atoms with van der Waals surface area (Å²) in [5.41, 5.74) is 9.52. The van der Waals surface area contributed by atoms with Crippen molar-refractivity contribution in [3.05, 3.63) is 53.1 Å². The van der Waals surface area contributed by atoms with E-state index >= 15 is 0 Å². The fraction of sp³-hybridized carbons (Fsp3) is 0.0667. The Balaban J connectivity index is 2.19. The van der Waals surface area contributed by atoms with Crippen LogP contribution in [-0.4, -0.2) is 0 Å². The molecular formula is C15H12ClNO. The summed E-state index contributed by atoms with van der Waals surface area (Å²) in [6.07, 6.45) is 0. The highest BCUT2D eigenvalue weighted by atomic mass is 35.5. The number of nitrogens with two attached hydrogens (primary N) is 1. The number of furan rings is 1. The van der Waals surface area contributed by atoms with Crippen LogP contribution in [0.4, 0.5) is 5.69 Å². The number of nitrogen functional groups attached to an aromatic ring is 1. The normalized spacial score (nSPS) is 11.0. The number of rotatable bonds is 1. The van der Waals surface area contributed by atoms with Crippen LogP contribution in [0, 0.1) is 6.92 Å². The summed E-state index contributed by atoms with van der Waals surface area (Å²) < 4.78 is 5.80. The molecule has 0 bridgehead atoms. The van der Waals surface area contributed by atoms with Crippen LogP contribution >= 0.6 is 11.6 Å². The molecule has 2 N–H and O–H groups in total. The summed E-state index contributed by atoms with van der Waals surface area (Å²) >= 11 is 5.96. The van der Waals surface area contributed by atoms with Gasteiger partial charge >= 0.3 is 0 Å². The minimum Gasteiger partial charge on any atom is -0.456 e. The second kappa shape index (κ2) is 4.07. The Kier molecular flexibility index (Phi) is 2.53. The molecule has 18 heavy (non-hydrogen) atoms. The van der Waals surface area contributed by atoms with Gasteiger partial charge in [-0.25, -0.2) is 0 Å². The van der Waals surface area contributed by atoms with Gasteiger partial charge in [-0.3, -0.25) is 0 Å². The molecule has 0 saturated carbocycles. The highest BCUT2D eigenvalue weighted by Crippen LogP contribution is 2.30. The molecule has 0 aliphatic carbocycles. The van der Waals surface area contributed by atoms with Crippen molar-refractivity contribution in [2.45, 2.75) is 6.92 Å². The van der Waals surface area contributed by atoms with Crippen LogP contribution in [0.5, 0.6) is 0 Å². The standard InChI is InChI=1S/C15H12ClNO/c1-9-4-10(7-13(17)5-9)15-8-11-6-12(16)2-3-14(11)18-15/h2-8H,17H2,1H3. The molecule has 0 aliphatic rings. The lowest BCUT2D eigenvalue weighted by Gasteiger charge is -2.01. The van der Waals surface area contributed by atoms with E-state index in [0.29, 0.717) is 5.02 Å². The Morgan fingerprint density at radius 2 is 1.89 bits per heavy atom. The Labute approximate surface area is 110 Å². The molecule has 90 valence electrons. The molecule has 0 unspecified atom stereocenters. The van der Waals surface area contributed by atoms with Gasteiger partial charge in [0.15, 0.2) is 0 Å². The van der Waals surface area contributed by atoms with Crippen molar-refractivity contribution in [2.75, 3.05) is 5.73 Å². The molecule has 2 aromatic carbocycles. The molecule has 0 fully saturated rings. The zero-order valence-electron chi connectivity index (χ0n) is 9.91. The first-order chi connectivity index (χ1) is 8.61. The molecule has 0 aliphatic heterocycles. The highest BCUT2D eigenvalue weighted by Gasteiger charge is 2.07. The Morgan fingerprint density at radius 3 is 2.67 bits per heavy atom. The molecule has 0 saturated heterocycles. The van der Waals surface area contributed by atoms with Crippen molar-refractivity contribution in [1.29, 1.82) is 0 Å². The Hall–Kier alpha value is -1.93. The predicted octanol–water partition coefficient (Wildman–Crippen LogP) is 4.64. The second-order valence-electron chi connectivity index (χ2n) is 4.43. The first-order valence-electron chi connectivity index (χ1n) is 5.68. The van der Waals surface area contributed by atoms with Gasteiger partial charge in [0.2, 0.25) is 0 Å². The van der Waals surface area contributed by atoms with Crippen LogP contribution in [0.1, 0.15) is 5.56 Å². The molecular weight excluding hydrogens is 246 g/mol. The molecule has 1 aromatic heterocycles. The Bertz CT molecular complexity index is 710. The summed E-state index contributed by atoms with van der Waals surface area (Å²) in [7, 11) is 0. The number of benzene rings is 2. The van der Waals surface area contributed by atoms with Crippen LogP contribution in [0.2, 0.25) is 5.02 Å². The van der Waals surface area contributed by atoms with Crippen LogP contribution in [-0.2, 0) is 0 Å². The minimum absolute atomic E-state index is 0.707. The van der Waals surface area contributed by atoms with Crippen molar-refractivity contribution >= 4 is 28.3 Å². The summed E-state index contributed by atoms with van der Waals surface area (Å²) in [5, 5.41) is 1.70. The molecule has 2 nitrogen and oxygen atoms in total. The van der Waals surface area contributed by atoms with Crippen molar-refractivity contribution in [2.24, 2.45) is 0 Å². The molecule has 3 heteroatoms. The highest BCUT2D eigenvalue weighted by molar-refractivity contribution is 6.31. The topological polar surface area (TPSA) is 39.2 Å². The zero-order chi connectivity index (χ0) is 12.7. The van der Waals surface area contributed by atoms with Crippen LogP contribution in [0.25, 0.3) is 22.3 Å². The monoisotopic (exact) mass is 257 g/mol. The quantitative estimate of drug-likeness (QED) is 0.645. The van der Waals surface area contributed by atoms with Gasteiger partial charge < -0.3 is 10.2 Å². The first kappa shape index (κ1) is 11.2. The smallest absolute Gasteiger partial charge is 0.135 e. The SMILES string of the molecule is Cc1cc(N)cc(-c2cc3cc(Cl)ccc3o2)c1. The average molecular weight is 258 g/mol. The van der Waals surface area contributed by atoms with Gasteiger partial charge in [-0.05, 0) is 55.0 Å². The fourth-order valence-electron chi connectivity index (χ4n) is 2.11. The molecule has 0 radical (unpaired) electrons. The zero-order valence-corrected chi connectivity index (χ0v) is 10.7. The third kappa shape index (κ3) is 1.95. The van der Waals surface area contributed by atoms with E-state index in [-0.39, 0.29) is 0 Å². The summed E-state index contributed by atoms with van der Waals surface area (Å²) in [6.45, 7) is 2.01. The third-order valence-electron chi connectivity index (χ3n) is 2.86. The van der Waals surface area contributed by atoms with Gasteiger partial charge in [0.05, 0.1) is 0 Å². The summed E-state index contributed by atoms with van der Waals surface area (Å²) in [6, 6.07) is 13.5. The van der Waals surface area contributed by atoms with Gasteiger partial charge in [0, 0.05) is 21.7 Å². The van der Waals surface area contributed by atoms with Crippen molar-refractivity contribution in [3.8, 4) is 11.3 Å². The lowest BCUT2D eigenvalue weighted by Crippen LogP contribution is -1.86. The molecule has 0 atom stereocenters. The average Bonchev–Trinajstić information content (AvgIpc) is 2.70. The molecule has 3 rings (SSSR count). The maximum atomic E-state index is 5.96. The molecule has 0 spiro atoms. The van der Waals surface area contributed by atoms with Gasteiger partial charge in [0.1, 0.15) is 11.3 Å². The van der Waals surface area contributed by atoms with E-state index in [9.17, 15) is 0 Å². The Morgan fingerprint density at radius 1 is 1.06 bits per heavy atom. The minimum atomic E-state index is 0.707. The third-order valence-corrected chi connectivity index (χ3v) is 3.10. The number of halogens is 1. The summed E-state index contributed by atoms with van der Waals surface area (Å²) in [5.74, 6) is 0.808. The van der Waals surface area contributed by atoms with Crippen LogP contribution in [0.15, 0.2) is 46.9 Å². The van der Waals surface area contributed by atoms with E-state index in [0.717, 1.165) is 33.5 Å². The van der Waals surface area contributed by atoms with Crippen molar-refractivity contribution in [3.63, 3.8) is 0 Å². The first-order valence-corrected chi connectivity index (χ1v) is 6.06. The van der Waals surface area contributed by atoms with Gasteiger partial charge in [-0.2, -0.15) is 0 Å². The van der Waals surface area contributed by atoms with E-state index < -0.39 is 0 Å². The van der Waals surface area contributed by atoms with Gasteiger partial charge in [-0.1, -0.05) is 11.6 Å². The van der Waals surface area contributed by atoms with Crippen molar-refractivity contribution in [1.82, 2.24) is 0 Å². The van der Waals surface area contributed by atoms with E-state index in [1.807, 2.05) is 43.3 Å². The number of fused-ring (bicyclic) bond motifs is 1. The largest absolute Gasteiger partial charge is 0.456 e. The molecule has 0 amide bonds. The molecule has 3 aromatic rings. The van der Waals surface area contributed by atoms with E-state index in [2.05, 4.69) is 6.07 Å². The number of hydrogen-bond acceptors (Lipinski definition) is 2. The number of hydrogen-bond donors (Lipinski definition) is 1. The van der Waals surface area contributed by atoms with Crippen molar-refractivity contribution < 1.29 is 4.42 Å². The lowest BCUT2D eigenvalue weighted by atomic mass is 10.1.